The van der Waals surface area contributed by atoms with Crippen LogP contribution in [0.4, 0.5) is 0 Å². The molecule has 1 atom stereocenters. The van der Waals surface area contributed by atoms with E-state index in [1.165, 1.54) is 0 Å². The first-order valence-corrected chi connectivity index (χ1v) is 10.2. The summed E-state index contributed by atoms with van der Waals surface area (Å²) in [5.74, 6) is -0.148. The summed E-state index contributed by atoms with van der Waals surface area (Å²) in [5, 5.41) is 9.28. The molecule has 0 bridgehead atoms. The molecule has 1 amide bonds. The van der Waals surface area contributed by atoms with Gasteiger partial charge in [0.1, 0.15) is 0 Å². The van der Waals surface area contributed by atoms with Crippen LogP contribution in [0, 0.1) is 0 Å². The van der Waals surface area contributed by atoms with Gasteiger partial charge in [-0.1, -0.05) is 18.2 Å². The molecule has 1 unspecified atom stereocenters. The van der Waals surface area contributed by atoms with Crippen molar-refractivity contribution in [1.29, 1.82) is 0 Å². The molecule has 7 heteroatoms. The third-order valence-corrected chi connectivity index (χ3v) is 5.60. The van der Waals surface area contributed by atoms with E-state index < -0.39 is 0 Å². The molecule has 5 rings (SSSR count). The van der Waals surface area contributed by atoms with Gasteiger partial charge in [-0.25, -0.2) is 4.68 Å². The van der Waals surface area contributed by atoms with E-state index in [0.717, 1.165) is 59.5 Å². The minimum absolute atomic E-state index is 0.0710. The number of aromatic nitrogens is 3. The Morgan fingerprint density at radius 1 is 1.27 bits per heavy atom. The molecule has 1 saturated heterocycles. The number of ether oxygens (including phenoxy) is 1. The first-order valence-electron chi connectivity index (χ1n) is 10.2. The lowest BCUT2D eigenvalue weighted by atomic mass is 10.1. The van der Waals surface area contributed by atoms with Crippen LogP contribution in [0.25, 0.3) is 21.8 Å². The summed E-state index contributed by atoms with van der Waals surface area (Å²) in [4.78, 5) is 26.9. The van der Waals surface area contributed by atoms with Crippen molar-refractivity contribution in [2.45, 2.75) is 32.0 Å². The van der Waals surface area contributed by atoms with Crippen molar-refractivity contribution in [2.24, 2.45) is 0 Å². The van der Waals surface area contributed by atoms with Gasteiger partial charge in [-0.3, -0.25) is 9.59 Å². The SMILES string of the molecule is O=Cc1cc2ccc(CNC(=O)c3cccc4c3cnn4C3CCCCO3)cc2[nH]1. The summed E-state index contributed by atoms with van der Waals surface area (Å²) >= 11 is 0. The zero-order valence-corrected chi connectivity index (χ0v) is 16.4. The predicted octanol–water partition coefficient (Wildman–Crippen LogP) is 3.96. The number of benzene rings is 2. The molecule has 2 aromatic heterocycles. The molecule has 7 nitrogen and oxygen atoms in total. The fourth-order valence-electron chi connectivity index (χ4n) is 4.06. The molecule has 2 N–H and O–H groups in total. The summed E-state index contributed by atoms with van der Waals surface area (Å²) in [6.45, 7) is 1.13. The van der Waals surface area contributed by atoms with Crippen LogP contribution in [0.15, 0.2) is 48.7 Å². The maximum absolute atomic E-state index is 12.9. The average molecular weight is 402 g/mol. The molecule has 1 aliphatic rings. The largest absolute Gasteiger partial charge is 0.356 e. The van der Waals surface area contributed by atoms with Gasteiger partial charge in [0.25, 0.3) is 5.91 Å². The molecule has 0 saturated carbocycles. The van der Waals surface area contributed by atoms with Crippen molar-refractivity contribution >= 4 is 34.0 Å². The fraction of sp³-hybridized carbons (Fsp3) is 0.261. The van der Waals surface area contributed by atoms with Gasteiger partial charge in [0.05, 0.1) is 23.0 Å². The topological polar surface area (TPSA) is 89.0 Å². The molecule has 0 spiro atoms. The van der Waals surface area contributed by atoms with Crippen LogP contribution >= 0.6 is 0 Å². The second kappa shape index (κ2) is 7.76. The highest BCUT2D eigenvalue weighted by Gasteiger charge is 2.20. The van der Waals surface area contributed by atoms with Gasteiger partial charge in [0.15, 0.2) is 12.5 Å². The average Bonchev–Trinajstić information content (AvgIpc) is 3.41. The zero-order valence-electron chi connectivity index (χ0n) is 16.4. The smallest absolute Gasteiger partial charge is 0.252 e. The van der Waals surface area contributed by atoms with E-state index in [-0.39, 0.29) is 12.1 Å². The third kappa shape index (κ3) is 3.37. The molecule has 0 radical (unpaired) electrons. The molecular weight excluding hydrogens is 380 g/mol. The number of hydrogen-bond donors (Lipinski definition) is 2. The number of carbonyl (C=O) groups is 2. The predicted molar refractivity (Wildman–Crippen MR) is 113 cm³/mol. The Bertz CT molecular complexity index is 1230. The Morgan fingerprint density at radius 3 is 3.03 bits per heavy atom. The second-order valence-electron chi connectivity index (χ2n) is 7.60. The fourth-order valence-corrected chi connectivity index (χ4v) is 4.06. The van der Waals surface area contributed by atoms with Crippen LogP contribution in [-0.2, 0) is 11.3 Å². The summed E-state index contributed by atoms with van der Waals surface area (Å²) in [7, 11) is 0. The number of hydrogen-bond acceptors (Lipinski definition) is 4. The highest BCUT2D eigenvalue weighted by molar-refractivity contribution is 6.06. The van der Waals surface area contributed by atoms with Gasteiger partial charge < -0.3 is 15.0 Å². The van der Waals surface area contributed by atoms with Crippen LogP contribution in [0.3, 0.4) is 0 Å². The summed E-state index contributed by atoms with van der Waals surface area (Å²) < 4.78 is 7.74. The molecule has 2 aromatic carbocycles. The van der Waals surface area contributed by atoms with E-state index in [4.69, 9.17) is 4.74 Å². The van der Waals surface area contributed by atoms with E-state index in [1.807, 2.05) is 41.1 Å². The zero-order chi connectivity index (χ0) is 20.5. The lowest BCUT2D eigenvalue weighted by Gasteiger charge is -2.23. The van der Waals surface area contributed by atoms with Crippen LogP contribution in [0.1, 0.15) is 51.9 Å². The number of carbonyl (C=O) groups excluding carboxylic acids is 2. The van der Waals surface area contributed by atoms with Gasteiger partial charge in [0.2, 0.25) is 0 Å². The van der Waals surface area contributed by atoms with Crippen molar-refractivity contribution in [2.75, 3.05) is 6.61 Å². The van der Waals surface area contributed by atoms with Gasteiger partial charge in [-0.2, -0.15) is 5.10 Å². The first-order chi connectivity index (χ1) is 14.7. The maximum Gasteiger partial charge on any atom is 0.252 e. The Balaban J connectivity index is 1.36. The monoisotopic (exact) mass is 402 g/mol. The second-order valence-corrected chi connectivity index (χ2v) is 7.60. The normalized spacial score (nSPS) is 16.7. The number of amides is 1. The number of nitrogens with zero attached hydrogens (tertiary/aromatic N) is 2. The number of fused-ring (bicyclic) bond motifs is 2. The van der Waals surface area contributed by atoms with Crippen LogP contribution in [-0.4, -0.2) is 33.6 Å². The van der Waals surface area contributed by atoms with Crippen molar-refractivity contribution in [3.05, 3.63) is 65.5 Å². The third-order valence-electron chi connectivity index (χ3n) is 5.60. The number of aromatic amines is 1. The summed E-state index contributed by atoms with van der Waals surface area (Å²) in [6.07, 6.45) is 5.59. The quantitative estimate of drug-likeness (QED) is 0.495. The van der Waals surface area contributed by atoms with Gasteiger partial charge in [0, 0.05) is 29.4 Å². The van der Waals surface area contributed by atoms with Crippen LogP contribution < -0.4 is 5.32 Å². The Labute approximate surface area is 173 Å². The summed E-state index contributed by atoms with van der Waals surface area (Å²) in [6, 6.07) is 13.3. The lowest BCUT2D eigenvalue weighted by Crippen LogP contribution is -2.23. The van der Waals surface area contributed by atoms with Crippen molar-refractivity contribution in [3.63, 3.8) is 0 Å². The van der Waals surface area contributed by atoms with Gasteiger partial charge in [-0.05, 0) is 49.1 Å². The summed E-state index contributed by atoms with van der Waals surface area (Å²) in [5.41, 5.74) is 3.87. The molecule has 4 aromatic rings. The Hall–Kier alpha value is -3.45. The molecule has 152 valence electrons. The number of H-pyrrole nitrogens is 1. The van der Waals surface area contributed by atoms with Gasteiger partial charge >= 0.3 is 0 Å². The van der Waals surface area contributed by atoms with Crippen molar-refractivity contribution < 1.29 is 14.3 Å². The van der Waals surface area contributed by atoms with Crippen LogP contribution in [0.2, 0.25) is 0 Å². The van der Waals surface area contributed by atoms with Crippen LogP contribution in [0.5, 0.6) is 0 Å². The molecule has 1 aliphatic heterocycles. The standard InChI is InChI=1S/C23H22N4O3/c28-14-17-11-16-8-7-15(10-20(16)26-17)12-24-23(29)18-4-3-5-21-19(18)13-25-27(21)22-6-1-2-9-30-22/h3-5,7-8,10-11,13-14,22,26H,1-2,6,9,12H2,(H,24,29). The number of nitrogens with one attached hydrogen (secondary N) is 2. The van der Waals surface area contributed by atoms with E-state index in [9.17, 15) is 9.59 Å². The number of rotatable bonds is 5. The number of aldehydes is 1. The molecule has 0 aliphatic carbocycles. The minimum Gasteiger partial charge on any atom is -0.356 e. The molecule has 30 heavy (non-hydrogen) atoms. The highest BCUT2D eigenvalue weighted by Crippen LogP contribution is 2.27. The molecule has 3 heterocycles. The van der Waals surface area contributed by atoms with Crippen molar-refractivity contribution in [1.82, 2.24) is 20.1 Å². The Morgan fingerprint density at radius 2 is 2.20 bits per heavy atom. The van der Waals surface area contributed by atoms with E-state index >= 15 is 0 Å². The lowest BCUT2D eigenvalue weighted by molar-refractivity contribution is -0.0366. The van der Waals surface area contributed by atoms with E-state index in [2.05, 4.69) is 15.4 Å². The Kier molecular flexibility index (Phi) is 4.80. The van der Waals surface area contributed by atoms with Gasteiger partial charge in [-0.15, -0.1) is 0 Å². The van der Waals surface area contributed by atoms with E-state index in [0.29, 0.717) is 17.8 Å². The van der Waals surface area contributed by atoms with Crippen molar-refractivity contribution in [3.8, 4) is 0 Å². The molecule has 1 fully saturated rings. The molecular formula is C23H22N4O3. The first kappa shape index (κ1) is 18.6. The van der Waals surface area contributed by atoms with E-state index in [1.54, 1.807) is 12.3 Å². The minimum atomic E-state index is -0.148. The highest BCUT2D eigenvalue weighted by atomic mass is 16.5. The maximum atomic E-state index is 12.9.